The number of rotatable bonds is 4. The van der Waals surface area contributed by atoms with Crippen molar-refractivity contribution in [3.05, 3.63) is 0 Å². The fourth-order valence-electron chi connectivity index (χ4n) is 3.22. The van der Waals surface area contributed by atoms with E-state index in [2.05, 4.69) is 46.9 Å². The summed E-state index contributed by atoms with van der Waals surface area (Å²) in [4.78, 5) is 0. The maximum atomic E-state index is 3.88. The van der Waals surface area contributed by atoms with Crippen molar-refractivity contribution >= 4 is 0 Å². The van der Waals surface area contributed by atoms with Gasteiger partial charge in [0.05, 0.1) is 0 Å². The molecule has 1 rings (SSSR count). The minimum atomic E-state index is 0.497. The van der Waals surface area contributed by atoms with Gasteiger partial charge in [-0.3, -0.25) is 0 Å². The zero-order chi connectivity index (χ0) is 13.8. The third kappa shape index (κ3) is 4.91. The zero-order valence-corrected chi connectivity index (χ0v) is 13.6. The van der Waals surface area contributed by atoms with E-state index >= 15 is 0 Å². The van der Waals surface area contributed by atoms with Crippen molar-refractivity contribution in [2.75, 3.05) is 0 Å². The van der Waals surface area contributed by atoms with Gasteiger partial charge in [-0.1, -0.05) is 47.5 Å². The zero-order valence-electron chi connectivity index (χ0n) is 13.6. The van der Waals surface area contributed by atoms with Crippen molar-refractivity contribution in [3.8, 4) is 0 Å². The summed E-state index contributed by atoms with van der Waals surface area (Å²) in [6.07, 6.45) is 8.29. The van der Waals surface area contributed by atoms with E-state index in [-0.39, 0.29) is 0 Å². The lowest BCUT2D eigenvalue weighted by atomic mass is 9.76. The minimum absolute atomic E-state index is 0.497. The van der Waals surface area contributed by atoms with Gasteiger partial charge in [0.2, 0.25) is 0 Å². The van der Waals surface area contributed by atoms with Crippen LogP contribution < -0.4 is 5.32 Å². The van der Waals surface area contributed by atoms with Gasteiger partial charge in [-0.2, -0.15) is 0 Å². The predicted molar refractivity (Wildman–Crippen MR) is 81.9 cm³/mol. The number of hydrogen-bond acceptors (Lipinski definition) is 1. The van der Waals surface area contributed by atoms with Crippen molar-refractivity contribution in [3.63, 3.8) is 0 Å². The molecule has 0 aromatic carbocycles. The van der Waals surface area contributed by atoms with Crippen LogP contribution in [0.3, 0.4) is 0 Å². The van der Waals surface area contributed by atoms with E-state index < -0.39 is 0 Å². The summed E-state index contributed by atoms with van der Waals surface area (Å²) in [7, 11) is 0. The molecule has 0 amide bonds. The molecule has 0 spiro atoms. The fraction of sp³-hybridized carbons (Fsp3) is 1.00. The van der Waals surface area contributed by atoms with Crippen molar-refractivity contribution in [1.29, 1.82) is 0 Å². The molecule has 108 valence electrons. The molecule has 1 aliphatic carbocycles. The highest BCUT2D eigenvalue weighted by Gasteiger charge is 2.28. The van der Waals surface area contributed by atoms with Gasteiger partial charge in [-0.25, -0.2) is 0 Å². The van der Waals surface area contributed by atoms with Crippen molar-refractivity contribution in [2.45, 2.75) is 92.2 Å². The molecule has 0 heterocycles. The lowest BCUT2D eigenvalue weighted by molar-refractivity contribution is 0.212. The topological polar surface area (TPSA) is 12.0 Å². The molecule has 1 fully saturated rings. The normalized spacial score (nSPS) is 29.7. The van der Waals surface area contributed by atoms with E-state index in [9.17, 15) is 0 Å². The maximum absolute atomic E-state index is 3.88. The quantitative estimate of drug-likeness (QED) is 0.695. The van der Waals surface area contributed by atoms with Gasteiger partial charge < -0.3 is 5.32 Å². The second-order valence-electron chi connectivity index (χ2n) is 7.61. The smallest absolute Gasteiger partial charge is 0.00697 e. The first-order valence-electron chi connectivity index (χ1n) is 8.10. The number of hydrogen-bond donors (Lipinski definition) is 1. The Labute approximate surface area is 115 Å². The molecule has 1 nitrogen and oxygen atoms in total. The van der Waals surface area contributed by atoms with Crippen LogP contribution in [0, 0.1) is 17.3 Å². The summed E-state index contributed by atoms with van der Waals surface area (Å²) in [6.45, 7) is 14.3. The van der Waals surface area contributed by atoms with E-state index in [1.807, 2.05) is 0 Å². The highest BCUT2D eigenvalue weighted by molar-refractivity contribution is 4.83. The van der Waals surface area contributed by atoms with Gasteiger partial charge in [0.25, 0.3) is 0 Å². The second kappa shape index (κ2) is 6.93. The molecular formula is C17H35N. The largest absolute Gasteiger partial charge is 0.311 e. The first kappa shape index (κ1) is 16.0. The molecule has 0 aromatic heterocycles. The maximum Gasteiger partial charge on any atom is 0.00697 e. The SMILES string of the molecule is CCC(C)C(C)NC1CCCC(C(C)(C)C)CC1. The molecule has 4 atom stereocenters. The molecule has 0 aliphatic heterocycles. The van der Waals surface area contributed by atoms with Crippen molar-refractivity contribution in [2.24, 2.45) is 17.3 Å². The van der Waals surface area contributed by atoms with Gasteiger partial charge in [-0.15, -0.1) is 0 Å². The highest BCUT2D eigenvalue weighted by atomic mass is 14.9. The molecule has 0 saturated heterocycles. The molecule has 1 N–H and O–H groups in total. The Bertz CT molecular complexity index is 228. The van der Waals surface area contributed by atoms with Crippen molar-refractivity contribution in [1.82, 2.24) is 5.32 Å². The standard InChI is InChI=1S/C17H35N/c1-7-13(2)14(3)18-16-10-8-9-15(11-12-16)17(4,5)6/h13-16,18H,7-12H2,1-6H3. The third-order valence-electron chi connectivity index (χ3n) is 5.19. The first-order valence-corrected chi connectivity index (χ1v) is 8.10. The van der Waals surface area contributed by atoms with Crippen LogP contribution in [0.1, 0.15) is 80.1 Å². The van der Waals surface area contributed by atoms with E-state index in [0.717, 1.165) is 17.9 Å². The van der Waals surface area contributed by atoms with Gasteiger partial charge in [-0.05, 0) is 49.9 Å². The minimum Gasteiger partial charge on any atom is -0.311 e. The van der Waals surface area contributed by atoms with Crippen LogP contribution in [0.15, 0.2) is 0 Å². The molecule has 0 aromatic rings. The Morgan fingerprint density at radius 1 is 1.06 bits per heavy atom. The van der Waals surface area contributed by atoms with Crippen molar-refractivity contribution < 1.29 is 0 Å². The lowest BCUT2D eigenvalue weighted by Gasteiger charge is -2.30. The second-order valence-corrected chi connectivity index (χ2v) is 7.61. The molecule has 1 heteroatoms. The van der Waals surface area contributed by atoms with Crippen LogP contribution in [-0.4, -0.2) is 12.1 Å². The van der Waals surface area contributed by atoms with Crippen LogP contribution in [0.5, 0.6) is 0 Å². The van der Waals surface area contributed by atoms with Gasteiger partial charge in [0.15, 0.2) is 0 Å². The number of nitrogens with one attached hydrogen (secondary N) is 1. The van der Waals surface area contributed by atoms with E-state index in [1.54, 1.807) is 0 Å². The molecular weight excluding hydrogens is 218 g/mol. The molecule has 18 heavy (non-hydrogen) atoms. The van der Waals surface area contributed by atoms with E-state index in [4.69, 9.17) is 0 Å². The van der Waals surface area contributed by atoms with Gasteiger partial charge >= 0.3 is 0 Å². The molecule has 1 aliphatic rings. The van der Waals surface area contributed by atoms with Crippen LogP contribution in [0.2, 0.25) is 0 Å². The van der Waals surface area contributed by atoms with Crippen LogP contribution in [0.25, 0.3) is 0 Å². The average molecular weight is 253 g/mol. The summed E-state index contributed by atoms with van der Waals surface area (Å²) in [5.41, 5.74) is 0.497. The molecule has 4 unspecified atom stereocenters. The molecule has 0 radical (unpaired) electrons. The average Bonchev–Trinajstić information content (AvgIpc) is 2.52. The highest BCUT2D eigenvalue weighted by Crippen LogP contribution is 2.36. The van der Waals surface area contributed by atoms with E-state index in [1.165, 1.54) is 38.5 Å². The molecule has 0 bridgehead atoms. The lowest BCUT2D eigenvalue weighted by Crippen LogP contribution is -2.39. The Balaban J connectivity index is 2.42. The fourth-order valence-corrected chi connectivity index (χ4v) is 3.22. The molecule has 1 saturated carbocycles. The Morgan fingerprint density at radius 3 is 2.28 bits per heavy atom. The summed E-state index contributed by atoms with van der Waals surface area (Å²) in [6, 6.07) is 1.44. The van der Waals surface area contributed by atoms with Crippen LogP contribution in [0.4, 0.5) is 0 Å². The van der Waals surface area contributed by atoms with Gasteiger partial charge in [0, 0.05) is 12.1 Å². The van der Waals surface area contributed by atoms with Gasteiger partial charge in [0.1, 0.15) is 0 Å². The summed E-state index contributed by atoms with van der Waals surface area (Å²) < 4.78 is 0. The predicted octanol–water partition coefficient (Wildman–Crippen LogP) is 5.01. The Morgan fingerprint density at radius 2 is 1.72 bits per heavy atom. The summed E-state index contributed by atoms with van der Waals surface area (Å²) in [5.74, 6) is 1.72. The van der Waals surface area contributed by atoms with E-state index in [0.29, 0.717) is 11.5 Å². The summed E-state index contributed by atoms with van der Waals surface area (Å²) >= 11 is 0. The summed E-state index contributed by atoms with van der Waals surface area (Å²) in [5, 5.41) is 3.88. The Hall–Kier alpha value is -0.0400. The first-order chi connectivity index (χ1) is 8.34. The van der Waals surface area contributed by atoms with Crippen LogP contribution >= 0.6 is 0 Å². The third-order valence-corrected chi connectivity index (χ3v) is 5.19. The Kier molecular flexibility index (Phi) is 6.17. The van der Waals surface area contributed by atoms with Crippen LogP contribution in [-0.2, 0) is 0 Å². The monoisotopic (exact) mass is 253 g/mol.